The molecule has 6 heteroatoms. The van der Waals surface area contributed by atoms with Crippen LogP contribution in [0.1, 0.15) is 26.2 Å². The first-order chi connectivity index (χ1) is 7.97. The molecule has 1 saturated heterocycles. The molecule has 1 rings (SSSR count). The lowest BCUT2D eigenvalue weighted by atomic mass is 9.94. The normalized spacial score (nSPS) is 25.5. The van der Waals surface area contributed by atoms with Crippen molar-refractivity contribution in [2.75, 3.05) is 19.5 Å². The van der Waals surface area contributed by atoms with E-state index >= 15 is 0 Å². The van der Waals surface area contributed by atoms with E-state index in [-0.39, 0.29) is 17.6 Å². The highest BCUT2D eigenvalue weighted by atomic mass is 32.2. The summed E-state index contributed by atoms with van der Waals surface area (Å²) in [5, 5.41) is 11.9. The first kappa shape index (κ1) is 14.3. The van der Waals surface area contributed by atoms with Gasteiger partial charge in [0.05, 0.1) is 18.6 Å². The van der Waals surface area contributed by atoms with Gasteiger partial charge in [-0.05, 0) is 12.7 Å². The second kappa shape index (κ2) is 6.26. The lowest BCUT2D eigenvalue weighted by Crippen LogP contribution is -2.50. The minimum absolute atomic E-state index is 0.0770. The minimum atomic E-state index is -0.909. The Morgan fingerprint density at radius 3 is 2.76 bits per heavy atom. The molecule has 1 aliphatic heterocycles. The lowest BCUT2D eigenvalue weighted by Gasteiger charge is -2.27. The summed E-state index contributed by atoms with van der Waals surface area (Å²) in [5.41, 5.74) is -0.707. The zero-order valence-electron chi connectivity index (χ0n) is 10.2. The monoisotopic (exact) mass is 261 g/mol. The van der Waals surface area contributed by atoms with Crippen molar-refractivity contribution in [2.45, 2.75) is 37.0 Å². The van der Waals surface area contributed by atoms with Crippen molar-refractivity contribution in [1.29, 1.82) is 0 Å². The van der Waals surface area contributed by atoms with Gasteiger partial charge in [-0.1, -0.05) is 6.92 Å². The summed E-state index contributed by atoms with van der Waals surface area (Å²) < 4.78 is 5.21. The van der Waals surface area contributed by atoms with Gasteiger partial charge in [0, 0.05) is 18.3 Å². The Labute approximate surface area is 105 Å². The second-order valence-electron chi connectivity index (χ2n) is 4.45. The van der Waals surface area contributed by atoms with Crippen molar-refractivity contribution in [3.63, 3.8) is 0 Å². The van der Waals surface area contributed by atoms with Crippen LogP contribution in [-0.4, -0.2) is 47.2 Å². The molecule has 0 aromatic heterocycles. The van der Waals surface area contributed by atoms with Crippen molar-refractivity contribution in [3.05, 3.63) is 0 Å². The number of ether oxygens (including phenoxy) is 1. The molecule has 0 aromatic carbocycles. The van der Waals surface area contributed by atoms with E-state index in [1.165, 1.54) is 0 Å². The average Bonchev–Trinajstić information content (AvgIpc) is 2.64. The molecule has 0 radical (unpaired) electrons. The van der Waals surface area contributed by atoms with Crippen molar-refractivity contribution < 1.29 is 19.4 Å². The van der Waals surface area contributed by atoms with Crippen LogP contribution in [0.25, 0.3) is 0 Å². The Hall–Kier alpha value is -0.750. The van der Waals surface area contributed by atoms with E-state index < -0.39 is 11.5 Å². The van der Waals surface area contributed by atoms with Gasteiger partial charge in [-0.15, -0.1) is 0 Å². The molecule has 5 nitrogen and oxygen atoms in total. The maximum absolute atomic E-state index is 11.8. The van der Waals surface area contributed by atoms with Crippen molar-refractivity contribution in [3.8, 4) is 0 Å². The van der Waals surface area contributed by atoms with Crippen LogP contribution in [0.2, 0.25) is 0 Å². The number of carboxylic acid groups (broad SMARTS) is 1. The average molecular weight is 261 g/mol. The molecule has 2 unspecified atom stereocenters. The Balaban J connectivity index is 2.54. The topological polar surface area (TPSA) is 75.6 Å². The van der Waals surface area contributed by atoms with E-state index in [1.54, 1.807) is 11.8 Å². The number of hydrogen-bond donors (Lipinski definition) is 2. The number of thioether (sulfide) groups is 1. The third kappa shape index (κ3) is 4.55. The minimum Gasteiger partial charge on any atom is -0.481 e. The van der Waals surface area contributed by atoms with Gasteiger partial charge in [-0.2, -0.15) is 11.8 Å². The first-order valence-electron chi connectivity index (χ1n) is 5.61. The zero-order valence-corrected chi connectivity index (χ0v) is 11.0. The molecule has 17 heavy (non-hydrogen) atoms. The fourth-order valence-corrected chi connectivity index (χ4v) is 2.19. The molecular weight excluding hydrogens is 242 g/mol. The number of carbonyl (C=O) groups is 2. The predicted octanol–water partition coefficient (Wildman–Crippen LogP) is 0.878. The highest BCUT2D eigenvalue weighted by Gasteiger charge is 2.38. The maximum Gasteiger partial charge on any atom is 0.305 e. The number of amides is 1. The molecule has 0 aromatic rings. The molecular formula is C11H19NO4S. The van der Waals surface area contributed by atoms with Crippen LogP contribution in [-0.2, 0) is 14.3 Å². The summed E-state index contributed by atoms with van der Waals surface area (Å²) in [7, 11) is 0. The molecule has 1 amide bonds. The second-order valence-corrected chi connectivity index (χ2v) is 5.73. The molecule has 0 saturated carbocycles. The van der Waals surface area contributed by atoms with Gasteiger partial charge in [-0.25, -0.2) is 0 Å². The van der Waals surface area contributed by atoms with E-state index in [0.717, 1.165) is 0 Å². The van der Waals surface area contributed by atoms with Crippen LogP contribution in [0.3, 0.4) is 0 Å². The Kier molecular flexibility index (Phi) is 5.27. The number of carboxylic acids is 1. The van der Waals surface area contributed by atoms with Gasteiger partial charge < -0.3 is 15.2 Å². The highest BCUT2D eigenvalue weighted by Crippen LogP contribution is 2.23. The van der Waals surface area contributed by atoms with E-state index in [4.69, 9.17) is 9.84 Å². The molecule has 98 valence electrons. The van der Waals surface area contributed by atoms with Crippen LogP contribution < -0.4 is 5.32 Å². The van der Waals surface area contributed by atoms with E-state index in [1.807, 2.05) is 13.2 Å². The molecule has 0 aliphatic carbocycles. The van der Waals surface area contributed by atoms with Gasteiger partial charge >= 0.3 is 5.97 Å². The van der Waals surface area contributed by atoms with E-state index in [9.17, 15) is 9.59 Å². The lowest BCUT2D eigenvalue weighted by molar-refractivity contribution is -0.139. The molecule has 0 bridgehead atoms. The van der Waals surface area contributed by atoms with Gasteiger partial charge in [0.25, 0.3) is 0 Å². The van der Waals surface area contributed by atoms with E-state index in [0.29, 0.717) is 26.1 Å². The van der Waals surface area contributed by atoms with Crippen LogP contribution in [0.5, 0.6) is 0 Å². The fraction of sp³-hybridized carbons (Fsp3) is 0.818. The van der Waals surface area contributed by atoms with Gasteiger partial charge in [-0.3, -0.25) is 9.59 Å². The van der Waals surface area contributed by atoms with Crippen LogP contribution in [0.15, 0.2) is 0 Å². The summed E-state index contributed by atoms with van der Waals surface area (Å²) in [6, 6.07) is 0. The Morgan fingerprint density at radius 2 is 2.29 bits per heavy atom. The highest BCUT2D eigenvalue weighted by molar-refractivity contribution is 7.99. The van der Waals surface area contributed by atoms with Crippen molar-refractivity contribution in [1.82, 2.24) is 5.32 Å². The van der Waals surface area contributed by atoms with Crippen LogP contribution >= 0.6 is 11.8 Å². The zero-order chi connectivity index (χ0) is 12.9. The maximum atomic E-state index is 11.8. The molecule has 2 N–H and O–H groups in total. The quantitative estimate of drug-likeness (QED) is 0.742. The predicted molar refractivity (Wildman–Crippen MR) is 66.2 cm³/mol. The number of hydrogen-bond acceptors (Lipinski definition) is 4. The summed E-state index contributed by atoms with van der Waals surface area (Å²) in [5.74, 6) is -1.01. The summed E-state index contributed by atoms with van der Waals surface area (Å²) in [6.45, 7) is 2.77. The summed E-state index contributed by atoms with van der Waals surface area (Å²) in [6.07, 6.45) is 2.84. The molecule has 2 atom stereocenters. The molecule has 0 spiro atoms. The van der Waals surface area contributed by atoms with E-state index in [2.05, 4.69) is 5.32 Å². The number of aliphatic carboxylic acids is 1. The number of carbonyl (C=O) groups excluding carboxylic acids is 1. The number of nitrogens with one attached hydrogen (secondary N) is 1. The standard InChI is InChI=1S/C11H19NO4S/c1-8(17-2)5-9(13)12-11(6-10(14)15)3-4-16-7-11/h8H,3-7H2,1-2H3,(H,12,13)(H,14,15). The fourth-order valence-electron chi connectivity index (χ4n) is 1.87. The summed E-state index contributed by atoms with van der Waals surface area (Å²) >= 11 is 1.62. The number of rotatable bonds is 6. The van der Waals surface area contributed by atoms with Crippen LogP contribution in [0, 0.1) is 0 Å². The SMILES string of the molecule is CSC(C)CC(=O)NC1(CC(=O)O)CCOC1. The third-order valence-corrected chi connectivity index (χ3v) is 3.84. The Morgan fingerprint density at radius 1 is 1.59 bits per heavy atom. The Bertz CT molecular complexity index is 289. The van der Waals surface area contributed by atoms with Crippen molar-refractivity contribution >= 4 is 23.6 Å². The third-order valence-electron chi connectivity index (χ3n) is 2.87. The summed E-state index contributed by atoms with van der Waals surface area (Å²) in [4.78, 5) is 22.6. The molecule has 1 aliphatic rings. The van der Waals surface area contributed by atoms with Gasteiger partial charge in [0.1, 0.15) is 0 Å². The smallest absolute Gasteiger partial charge is 0.305 e. The van der Waals surface area contributed by atoms with Gasteiger partial charge in [0.15, 0.2) is 0 Å². The first-order valence-corrected chi connectivity index (χ1v) is 6.89. The molecule has 1 heterocycles. The largest absolute Gasteiger partial charge is 0.481 e. The van der Waals surface area contributed by atoms with Crippen LogP contribution in [0.4, 0.5) is 0 Å². The van der Waals surface area contributed by atoms with Crippen molar-refractivity contribution in [2.24, 2.45) is 0 Å². The molecule has 1 fully saturated rings. The van der Waals surface area contributed by atoms with Gasteiger partial charge in [0.2, 0.25) is 5.91 Å².